The van der Waals surface area contributed by atoms with Gasteiger partial charge in [0.2, 0.25) is 0 Å². The van der Waals surface area contributed by atoms with Crippen LogP contribution in [0, 0.1) is 5.82 Å². The average Bonchev–Trinajstić information content (AvgIpc) is 3.12. The quantitative estimate of drug-likeness (QED) is 0.660. The van der Waals surface area contributed by atoms with Gasteiger partial charge in [0.15, 0.2) is 0 Å². The number of anilines is 1. The van der Waals surface area contributed by atoms with Gasteiger partial charge in [-0.15, -0.1) is 11.3 Å². The van der Waals surface area contributed by atoms with E-state index in [-0.39, 0.29) is 5.82 Å². The van der Waals surface area contributed by atoms with Gasteiger partial charge >= 0.3 is 0 Å². The Balaban J connectivity index is 1.34. The van der Waals surface area contributed by atoms with Crippen molar-refractivity contribution >= 4 is 17.0 Å². The number of rotatable bonds is 4. The molecule has 0 bridgehead atoms. The monoisotopic (exact) mass is 352 g/mol. The molecule has 2 nitrogen and oxygen atoms in total. The third-order valence-electron chi connectivity index (χ3n) is 4.66. The Morgan fingerprint density at radius 1 is 0.800 bits per heavy atom. The van der Waals surface area contributed by atoms with Crippen molar-refractivity contribution in [2.45, 2.75) is 6.54 Å². The lowest BCUT2D eigenvalue weighted by molar-refractivity contribution is 0.252. The van der Waals surface area contributed by atoms with Gasteiger partial charge in [-0.25, -0.2) is 4.39 Å². The van der Waals surface area contributed by atoms with Crippen LogP contribution >= 0.6 is 11.3 Å². The van der Waals surface area contributed by atoms with Crippen LogP contribution in [0.15, 0.2) is 66.7 Å². The van der Waals surface area contributed by atoms with Gasteiger partial charge < -0.3 is 4.90 Å². The Bertz CT molecular complexity index is 805. The van der Waals surface area contributed by atoms with Crippen LogP contribution in [0.4, 0.5) is 10.1 Å². The van der Waals surface area contributed by atoms with Crippen molar-refractivity contribution in [3.05, 3.63) is 77.4 Å². The standard InChI is InChI=1S/C21H21FN2S/c22-18-6-8-19(9-7-18)24-14-12-23(13-15-24)16-20-10-11-21(25-20)17-4-2-1-3-5-17/h1-11H,12-16H2. The molecule has 4 rings (SSSR count). The van der Waals surface area contributed by atoms with E-state index in [1.165, 1.54) is 15.3 Å². The number of benzene rings is 2. The van der Waals surface area contributed by atoms with Crippen molar-refractivity contribution in [3.8, 4) is 10.4 Å². The van der Waals surface area contributed by atoms with Crippen molar-refractivity contribution in [3.63, 3.8) is 0 Å². The third-order valence-corrected chi connectivity index (χ3v) is 5.78. The molecule has 2 heterocycles. The fourth-order valence-electron chi connectivity index (χ4n) is 3.26. The maximum Gasteiger partial charge on any atom is 0.123 e. The molecule has 0 radical (unpaired) electrons. The summed E-state index contributed by atoms with van der Waals surface area (Å²) in [6.45, 7) is 5.06. The molecule has 0 amide bonds. The fraction of sp³-hybridized carbons (Fsp3) is 0.238. The molecule has 2 aromatic carbocycles. The van der Waals surface area contributed by atoms with Crippen LogP contribution in [0.5, 0.6) is 0 Å². The molecule has 1 aliphatic heterocycles. The van der Waals surface area contributed by atoms with Crippen LogP contribution in [-0.4, -0.2) is 31.1 Å². The lowest BCUT2D eigenvalue weighted by Gasteiger charge is -2.35. The fourth-order valence-corrected chi connectivity index (χ4v) is 4.31. The molecule has 3 aromatic rings. The van der Waals surface area contributed by atoms with Gasteiger partial charge in [-0.05, 0) is 42.0 Å². The highest BCUT2D eigenvalue weighted by atomic mass is 32.1. The Labute approximate surface area is 152 Å². The van der Waals surface area contributed by atoms with E-state index in [2.05, 4.69) is 52.3 Å². The topological polar surface area (TPSA) is 6.48 Å². The summed E-state index contributed by atoms with van der Waals surface area (Å²) in [5.74, 6) is -0.172. The van der Waals surface area contributed by atoms with E-state index in [9.17, 15) is 4.39 Å². The number of nitrogens with zero attached hydrogens (tertiary/aromatic N) is 2. The van der Waals surface area contributed by atoms with E-state index in [0.717, 1.165) is 38.4 Å². The van der Waals surface area contributed by atoms with Crippen molar-refractivity contribution in [1.82, 2.24) is 4.90 Å². The molecule has 4 heteroatoms. The largest absolute Gasteiger partial charge is 0.369 e. The van der Waals surface area contributed by atoms with E-state index in [1.807, 2.05) is 23.5 Å². The summed E-state index contributed by atoms with van der Waals surface area (Å²) >= 11 is 1.88. The molecule has 128 valence electrons. The predicted molar refractivity (Wildman–Crippen MR) is 104 cm³/mol. The molecule has 0 aliphatic carbocycles. The molecule has 0 saturated carbocycles. The van der Waals surface area contributed by atoms with E-state index >= 15 is 0 Å². The Morgan fingerprint density at radius 2 is 1.52 bits per heavy atom. The summed E-state index contributed by atoms with van der Waals surface area (Å²) in [5.41, 5.74) is 2.41. The summed E-state index contributed by atoms with van der Waals surface area (Å²) in [7, 11) is 0. The maximum absolute atomic E-state index is 13.1. The zero-order valence-corrected chi connectivity index (χ0v) is 14.9. The van der Waals surface area contributed by atoms with Crippen LogP contribution < -0.4 is 4.90 Å². The first-order valence-electron chi connectivity index (χ1n) is 8.65. The lowest BCUT2D eigenvalue weighted by atomic mass is 10.2. The molecule has 1 fully saturated rings. The molecule has 0 unspecified atom stereocenters. The van der Waals surface area contributed by atoms with E-state index < -0.39 is 0 Å². The second-order valence-corrected chi connectivity index (χ2v) is 7.54. The summed E-state index contributed by atoms with van der Waals surface area (Å²) in [6, 6.07) is 21.9. The second-order valence-electron chi connectivity index (χ2n) is 6.37. The van der Waals surface area contributed by atoms with Gasteiger partial charge in [0.25, 0.3) is 0 Å². The zero-order valence-electron chi connectivity index (χ0n) is 14.1. The zero-order chi connectivity index (χ0) is 17.1. The van der Waals surface area contributed by atoms with Gasteiger partial charge in [0, 0.05) is 48.2 Å². The van der Waals surface area contributed by atoms with Gasteiger partial charge in [-0.3, -0.25) is 4.90 Å². The first-order chi connectivity index (χ1) is 12.3. The van der Waals surface area contributed by atoms with Gasteiger partial charge in [-0.1, -0.05) is 30.3 Å². The summed E-state index contributed by atoms with van der Waals surface area (Å²) in [6.07, 6.45) is 0. The number of piperazine rings is 1. The average molecular weight is 352 g/mol. The highest BCUT2D eigenvalue weighted by Gasteiger charge is 2.18. The maximum atomic E-state index is 13.1. The van der Waals surface area contributed by atoms with Crippen LogP contribution in [0.3, 0.4) is 0 Å². The van der Waals surface area contributed by atoms with Crippen LogP contribution in [0.25, 0.3) is 10.4 Å². The Morgan fingerprint density at radius 3 is 2.24 bits per heavy atom. The molecule has 25 heavy (non-hydrogen) atoms. The SMILES string of the molecule is Fc1ccc(N2CCN(Cc3ccc(-c4ccccc4)s3)CC2)cc1. The molecular weight excluding hydrogens is 331 g/mol. The molecule has 1 aliphatic rings. The first kappa shape index (κ1) is 16.3. The molecular formula is C21H21FN2S. The highest BCUT2D eigenvalue weighted by Crippen LogP contribution is 2.29. The minimum Gasteiger partial charge on any atom is -0.369 e. The van der Waals surface area contributed by atoms with Crippen molar-refractivity contribution in [2.24, 2.45) is 0 Å². The van der Waals surface area contributed by atoms with Crippen molar-refractivity contribution in [1.29, 1.82) is 0 Å². The minimum absolute atomic E-state index is 0.172. The number of hydrogen-bond acceptors (Lipinski definition) is 3. The first-order valence-corrected chi connectivity index (χ1v) is 9.46. The Hall–Kier alpha value is -2.17. The third kappa shape index (κ3) is 3.91. The van der Waals surface area contributed by atoms with Gasteiger partial charge in [0.05, 0.1) is 0 Å². The predicted octanol–water partition coefficient (Wildman–Crippen LogP) is 4.88. The van der Waals surface area contributed by atoms with Gasteiger partial charge in [-0.2, -0.15) is 0 Å². The minimum atomic E-state index is -0.172. The van der Waals surface area contributed by atoms with Gasteiger partial charge in [0.1, 0.15) is 5.82 Å². The summed E-state index contributed by atoms with van der Waals surface area (Å²) in [5, 5.41) is 0. The summed E-state index contributed by atoms with van der Waals surface area (Å²) in [4.78, 5) is 7.58. The molecule has 0 spiro atoms. The smallest absolute Gasteiger partial charge is 0.123 e. The van der Waals surface area contributed by atoms with Crippen LogP contribution in [0.1, 0.15) is 4.88 Å². The summed E-state index contributed by atoms with van der Waals surface area (Å²) < 4.78 is 13.1. The van der Waals surface area contributed by atoms with Crippen molar-refractivity contribution < 1.29 is 4.39 Å². The van der Waals surface area contributed by atoms with Crippen LogP contribution in [0.2, 0.25) is 0 Å². The van der Waals surface area contributed by atoms with E-state index in [1.54, 1.807) is 12.1 Å². The Kier molecular flexibility index (Phi) is 4.81. The lowest BCUT2D eigenvalue weighted by Crippen LogP contribution is -2.45. The number of hydrogen-bond donors (Lipinski definition) is 0. The van der Waals surface area contributed by atoms with Crippen molar-refractivity contribution in [2.75, 3.05) is 31.1 Å². The second kappa shape index (κ2) is 7.38. The molecule has 0 N–H and O–H groups in total. The molecule has 1 saturated heterocycles. The van der Waals surface area contributed by atoms with E-state index in [0.29, 0.717) is 0 Å². The molecule has 1 aromatic heterocycles. The van der Waals surface area contributed by atoms with E-state index in [4.69, 9.17) is 0 Å². The number of thiophene rings is 1. The number of halogens is 1. The molecule has 0 atom stereocenters. The normalized spacial score (nSPS) is 15.5. The van der Waals surface area contributed by atoms with Crippen LogP contribution in [-0.2, 0) is 6.54 Å². The highest BCUT2D eigenvalue weighted by molar-refractivity contribution is 7.15.